The fraction of sp³-hybridized carbons (Fsp3) is 0.250. The Labute approximate surface area is 118 Å². The highest BCUT2D eigenvalue weighted by molar-refractivity contribution is 7.99. The van der Waals surface area contributed by atoms with Gasteiger partial charge in [0, 0.05) is 29.2 Å². The first-order valence-corrected chi connectivity index (χ1v) is 7.59. The van der Waals surface area contributed by atoms with Crippen LogP contribution in [0.5, 0.6) is 0 Å². The van der Waals surface area contributed by atoms with Gasteiger partial charge in [-0.25, -0.2) is 15.0 Å². The molecule has 2 N–H and O–H groups in total. The van der Waals surface area contributed by atoms with E-state index in [4.69, 9.17) is 0 Å². The van der Waals surface area contributed by atoms with E-state index in [1.165, 1.54) is 16.6 Å². The topological polar surface area (TPSA) is 66.5 Å². The third kappa shape index (κ3) is 2.57. The second kappa shape index (κ2) is 5.18. The van der Waals surface area contributed by atoms with Gasteiger partial charge in [-0.1, -0.05) is 0 Å². The lowest BCUT2D eigenvalue weighted by atomic mass is 10.4. The monoisotopic (exact) mass is 291 g/mol. The third-order valence-electron chi connectivity index (χ3n) is 2.48. The minimum absolute atomic E-state index is 0.672. The summed E-state index contributed by atoms with van der Waals surface area (Å²) in [5, 5.41) is 6.03. The lowest BCUT2D eigenvalue weighted by Crippen LogP contribution is -2.02. The maximum Gasteiger partial charge on any atom is 0.225 e. The molecule has 19 heavy (non-hydrogen) atoms. The van der Waals surface area contributed by atoms with Gasteiger partial charge in [-0.2, -0.15) is 0 Å². The smallest absolute Gasteiger partial charge is 0.225 e. The van der Waals surface area contributed by atoms with Crippen molar-refractivity contribution in [2.75, 3.05) is 11.9 Å². The van der Waals surface area contributed by atoms with Crippen LogP contribution in [0.2, 0.25) is 0 Å². The predicted molar refractivity (Wildman–Crippen MR) is 79.0 cm³/mol. The number of hydrogen-bond donors (Lipinski definition) is 2. The summed E-state index contributed by atoms with van der Waals surface area (Å²) in [6.45, 7) is 4.92. The van der Waals surface area contributed by atoms with E-state index in [-0.39, 0.29) is 0 Å². The second-order valence-electron chi connectivity index (χ2n) is 3.95. The molecule has 0 atom stereocenters. The second-order valence-corrected chi connectivity index (χ2v) is 6.17. The van der Waals surface area contributed by atoms with E-state index in [1.54, 1.807) is 17.5 Å². The lowest BCUT2D eigenvalue weighted by Gasteiger charge is -2.04. The number of rotatable bonds is 4. The van der Waals surface area contributed by atoms with Crippen LogP contribution in [-0.4, -0.2) is 26.5 Å². The Balaban J connectivity index is 2.08. The molecular formula is C12H13N5S2. The molecule has 0 saturated heterocycles. The van der Waals surface area contributed by atoms with Crippen molar-refractivity contribution >= 4 is 39.3 Å². The van der Waals surface area contributed by atoms with Crippen LogP contribution in [0.3, 0.4) is 0 Å². The van der Waals surface area contributed by atoms with E-state index >= 15 is 0 Å². The first-order chi connectivity index (χ1) is 9.26. The van der Waals surface area contributed by atoms with Gasteiger partial charge in [0.1, 0.15) is 9.86 Å². The molecule has 0 radical (unpaired) electrons. The van der Waals surface area contributed by atoms with Crippen LogP contribution >= 0.6 is 23.1 Å². The third-order valence-corrected chi connectivity index (χ3v) is 4.35. The van der Waals surface area contributed by atoms with Crippen LogP contribution < -0.4 is 5.32 Å². The van der Waals surface area contributed by atoms with E-state index < -0.39 is 0 Å². The van der Waals surface area contributed by atoms with Crippen LogP contribution in [0.25, 0.3) is 10.2 Å². The molecule has 0 unspecified atom stereocenters. The van der Waals surface area contributed by atoms with E-state index in [0.29, 0.717) is 5.95 Å². The fourth-order valence-corrected chi connectivity index (χ4v) is 3.49. The van der Waals surface area contributed by atoms with Crippen LogP contribution in [0.1, 0.15) is 11.8 Å². The number of anilines is 1. The lowest BCUT2D eigenvalue weighted by molar-refractivity contribution is 1.03. The molecule has 3 heterocycles. The summed E-state index contributed by atoms with van der Waals surface area (Å²) in [6.07, 6.45) is 3.55. The summed E-state index contributed by atoms with van der Waals surface area (Å²) < 4.78 is 0. The number of thiophene rings is 1. The van der Waals surface area contributed by atoms with Crippen LogP contribution in [0.4, 0.5) is 5.95 Å². The van der Waals surface area contributed by atoms with Gasteiger partial charge in [-0.3, -0.25) is 0 Å². The zero-order valence-corrected chi connectivity index (χ0v) is 12.2. The van der Waals surface area contributed by atoms with Gasteiger partial charge in [0.25, 0.3) is 0 Å². The number of imidazole rings is 1. The highest BCUT2D eigenvalue weighted by atomic mass is 32.2. The number of aryl methyl sites for hydroxylation is 1. The summed E-state index contributed by atoms with van der Waals surface area (Å²) in [6, 6.07) is 2.13. The number of nitrogens with one attached hydrogen (secondary N) is 2. The zero-order chi connectivity index (χ0) is 13.2. The Morgan fingerprint density at radius 2 is 2.32 bits per heavy atom. The number of hydrogen-bond acceptors (Lipinski definition) is 6. The van der Waals surface area contributed by atoms with Crippen molar-refractivity contribution < 1.29 is 0 Å². The minimum atomic E-state index is 0.672. The number of fused-ring (bicyclic) bond motifs is 1. The molecule has 0 amide bonds. The molecule has 0 fully saturated rings. The Morgan fingerprint density at radius 3 is 3.05 bits per heavy atom. The first kappa shape index (κ1) is 12.4. The number of aromatic amines is 1. The van der Waals surface area contributed by atoms with Gasteiger partial charge in [0.05, 0.1) is 0 Å². The SMILES string of the molecule is CCNc1nc(Sc2ncc[nH]2)c2cc(C)sc2n1. The van der Waals surface area contributed by atoms with Crippen molar-refractivity contribution in [3.05, 3.63) is 23.3 Å². The predicted octanol–water partition coefficient (Wildman–Crippen LogP) is 3.31. The van der Waals surface area contributed by atoms with Crippen molar-refractivity contribution in [3.63, 3.8) is 0 Å². The number of aromatic nitrogens is 4. The summed E-state index contributed by atoms with van der Waals surface area (Å²) >= 11 is 3.21. The van der Waals surface area contributed by atoms with Crippen molar-refractivity contribution in [1.82, 2.24) is 19.9 Å². The van der Waals surface area contributed by atoms with Gasteiger partial charge >= 0.3 is 0 Å². The van der Waals surface area contributed by atoms with Gasteiger partial charge in [0.2, 0.25) is 5.95 Å². The quantitative estimate of drug-likeness (QED) is 0.722. The molecule has 3 aromatic rings. The normalized spacial score (nSPS) is 11.1. The van der Waals surface area contributed by atoms with Crippen molar-refractivity contribution in [2.24, 2.45) is 0 Å². The maximum atomic E-state index is 4.57. The molecule has 0 spiro atoms. The molecule has 0 aliphatic carbocycles. The summed E-state index contributed by atoms with van der Waals surface area (Å²) in [5.74, 6) is 0.672. The maximum absolute atomic E-state index is 4.57. The highest BCUT2D eigenvalue weighted by Gasteiger charge is 2.12. The first-order valence-electron chi connectivity index (χ1n) is 5.95. The van der Waals surface area contributed by atoms with Crippen LogP contribution in [-0.2, 0) is 0 Å². The standard InChI is InChI=1S/C12H13N5S2/c1-3-13-11-16-9-8(6-7(2)18-9)10(17-11)19-12-14-4-5-15-12/h4-6H,3H2,1-2H3,(H,14,15)(H,13,16,17). The van der Waals surface area contributed by atoms with Gasteiger partial charge in [-0.15, -0.1) is 11.3 Å². The summed E-state index contributed by atoms with van der Waals surface area (Å²) in [4.78, 5) is 18.7. The van der Waals surface area contributed by atoms with Crippen molar-refractivity contribution in [1.29, 1.82) is 0 Å². The highest BCUT2D eigenvalue weighted by Crippen LogP contribution is 2.34. The molecule has 0 aromatic carbocycles. The molecule has 5 nitrogen and oxygen atoms in total. The zero-order valence-electron chi connectivity index (χ0n) is 10.6. The molecule has 98 valence electrons. The molecular weight excluding hydrogens is 278 g/mol. The number of H-pyrrole nitrogens is 1. The van der Waals surface area contributed by atoms with Crippen LogP contribution in [0.15, 0.2) is 28.6 Å². The van der Waals surface area contributed by atoms with Crippen molar-refractivity contribution in [2.45, 2.75) is 24.0 Å². The van der Waals surface area contributed by atoms with E-state index in [1.807, 2.05) is 13.1 Å². The Hall–Kier alpha value is -1.60. The molecule has 3 aromatic heterocycles. The van der Waals surface area contributed by atoms with E-state index in [0.717, 1.165) is 26.9 Å². The Kier molecular flexibility index (Phi) is 3.39. The average molecular weight is 291 g/mol. The van der Waals surface area contributed by atoms with Crippen LogP contribution in [0, 0.1) is 6.92 Å². The molecule has 0 bridgehead atoms. The Bertz CT molecular complexity index is 690. The minimum Gasteiger partial charge on any atom is -0.354 e. The fourth-order valence-electron chi connectivity index (χ4n) is 1.73. The largest absolute Gasteiger partial charge is 0.354 e. The van der Waals surface area contributed by atoms with Gasteiger partial charge in [0.15, 0.2) is 5.16 Å². The van der Waals surface area contributed by atoms with E-state index in [2.05, 4.69) is 38.2 Å². The summed E-state index contributed by atoms with van der Waals surface area (Å²) in [5.41, 5.74) is 0. The summed E-state index contributed by atoms with van der Waals surface area (Å²) in [7, 11) is 0. The molecule has 7 heteroatoms. The van der Waals surface area contributed by atoms with Crippen molar-refractivity contribution in [3.8, 4) is 0 Å². The van der Waals surface area contributed by atoms with E-state index in [9.17, 15) is 0 Å². The van der Waals surface area contributed by atoms with Gasteiger partial charge < -0.3 is 10.3 Å². The van der Waals surface area contributed by atoms with Gasteiger partial charge in [-0.05, 0) is 31.7 Å². The average Bonchev–Trinajstić information content (AvgIpc) is 2.98. The molecule has 0 aliphatic rings. The number of nitrogens with zero attached hydrogens (tertiary/aromatic N) is 3. The molecule has 0 aliphatic heterocycles. The molecule has 0 saturated carbocycles. The Morgan fingerprint density at radius 1 is 1.42 bits per heavy atom. The molecule has 3 rings (SSSR count).